The Hall–Kier alpha value is -2.42. The number of rotatable bonds is 4. The zero-order valence-electron chi connectivity index (χ0n) is 11.9. The molecule has 9 heteroatoms. The van der Waals surface area contributed by atoms with E-state index >= 15 is 0 Å². The molecule has 0 aromatic carbocycles. The van der Waals surface area contributed by atoms with Gasteiger partial charge in [0.05, 0.1) is 19.4 Å². The van der Waals surface area contributed by atoms with Gasteiger partial charge in [0, 0.05) is 38.4 Å². The summed E-state index contributed by atoms with van der Waals surface area (Å²) in [7, 11) is 1.88. The maximum atomic E-state index is 5.76. The lowest BCUT2D eigenvalue weighted by atomic mass is 10.4. The number of ether oxygens (including phenoxy) is 1. The molecular weight excluding hydrogens is 272 g/mol. The molecule has 1 aliphatic rings. The van der Waals surface area contributed by atoms with Crippen molar-refractivity contribution in [2.45, 2.75) is 6.54 Å². The number of hydrogen-bond acceptors (Lipinski definition) is 8. The minimum Gasteiger partial charge on any atom is -0.378 e. The average molecular weight is 290 g/mol. The number of hydrogen-bond donors (Lipinski definition) is 2. The molecule has 0 bridgehead atoms. The van der Waals surface area contributed by atoms with E-state index in [2.05, 4.69) is 25.4 Å². The lowest BCUT2D eigenvalue weighted by molar-refractivity contribution is 0.122. The van der Waals surface area contributed by atoms with Crippen molar-refractivity contribution >= 4 is 17.8 Å². The number of nitrogens with zero attached hydrogens (tertiary/aromatic N) is 6. The monoisotopic (exact) mass is 290 g/mol. The van der Waals surface area contributed by atoms with Gasteiger partial charge in [0.1, 0.15) is 0 Å². The Labute approximate surface area is 122 Å². The van der Waals surface area contributed by atoms with Gasteiger partial charge < -0.3 is 20.7 Å². The molecule has 0 amide bonds. The van der Waals surface area contributed by atoms with Gasteiger partial charge in [-0.1, -0.05) is 0 Å². The molecule has 2 aromatic rings. The largest absolute Gasteiger partial charge is 0.378 e. The SMILES string of the molecule is Cn1cc(CNc2nc(N)nc(N3CCOCC3)n2)cn1. The van der Waals surface area contributed by atoms with Crippen LogP contribution in [0.25, 0.3) is 0 Å². The van der Waals surface area contributed by atoms with Crippen molar-refractivity contribution in [1.82, 2.24) is 24.7 Å². The molecule has 0 aliphatic carbocycles. The first-order valence-electron chi connectivity index (χ1n) is 6.76. The number of aryl methyl sites for hydroxylation is 1. The molecule has 0 radical (unpaired) electrons. The van der Waals surface area contributed by atoms with Crippen molar-refractivity contribution in [3.8, 4) is 0 Å². The molecule has 3 heterocycles. The van der Waals surface area contributed by atoms with Crippen molar-refractivity contribution in [1.29, 1.82) is 0 Å². The zero-order valence-corrected chi connectivity index (χ0v) is 11.9. The molecular formula is C12H18N8O. The quantitative estimate of drug-likeness (QED) is 0.786. The number of nitrogens with two attached hydrogens (primary N) is 1. The highest BCUT2D eigenvalue weighted by atomic mass is 16.5. The van der Waals surface area contributed by atoms with E-state index in [-0.39, 0.29) is 5.95 Å². The Morgan fingerprint density at radius 3 is 2.81 bits per heavy atom. The van der Waals surface area contributed by atoms with Gasteiger partial charge in [0.25, 0.3) is 0 Å². The summed E-state index contributed by atoms with van der Waals surface area (Å²) in [5.41, 5.74) is 6.81. The van der Waals surface area contributed by atoms with Gasteiger partial charge in [-0.3, -0.25) is 4.68 Å². The van der Waals surface area contributed by atoms with Crippen molar-refractivity contribution in [3.63, 3.8) is 0 Å². The maximum Gasteiger partial charge on any atom is 0.232 e. The average Bonchev–Trinajstić information content (AvgIpc) is 2.91. The number of anilines is 3. The van der Waals surface area contributed by atoms with Crippen LogP contribution in [0.15, 0.2) is 12.4 Å². The number of aromatic nitrogens is 5. The smallest absolute Gasteiger partial charge is 0.232 e. The van der Waals surface area contributed by atoms with Crippen LogP contribution in [-0.2, 0) is 18.3 Å². The molecule has 3 N–H and O–H groups in total. The third-order valence-electron chi connectivity index (χ3n) is 3.14. The second kappa shape index (κ2) is 5.92. The minimum absolute atomic E-state index is 0.208. The first kappa shape index (κ1) is 13.6. The van der Waals surface area contributed by atoms with Crippen LogP contribution in [0.1, 0.15) is 5.56 Å². The normalized spacial score (nSPS) is 15.2. The minimum atomic E-state index is 0.208. The predicted octanol–water partition coefficient (Wildman–Crippen LogP) is -0.364. The van der Waals surface area contributed by atoms with Crippen LogP contribution < -0.4 is 16.0 Å². The summed E-state index contributed by atoms with van der Waals surface area (Å²) in [5, 5.41) is 7.26. The van der Waals surface area contributed by atoms with Crippen LogP contribution >= 0.6 is 0 Å². The Morgan fingerprint density at radius 2 is 2.10 bits per heavy atom. The fourth-order valence-electron chi connectivity index (χ4n) is 2.11. The number of nitrogen functional groups attached to an aromatic ring is 1. The highest BCUT2D eigenvalue weighted by Crippen LogP contribution is 2.14. The first-order chi connectivity index (χ1) is 10.2. The Bertz CT molecular complexity index is 607. The van der Waals surface area contributed by atoms with E-state index in [1.807, 2.05) is 18.1 Å². The van der Waals surface area contributed by atoms with Crippen molar-refractivity contribution in [2.24, 2.45) is 7.05 Å². The van der Waals surface area contributed by atoms with Crippen LogP contribution in [0, 0.1) is 0 Å². The Morgan fingerprint density at radius 1 is 1.29 bits per heavy atom. The summed E-state index contributed by atoms with van der Waals surface area (Å²) in [6.45, 7) is 3.44. The van der Waals surface area contributed by atoms with E-state index in [0.29, 0.717) is 31.7 Å². The van der Waals surface area contributed by atoms with Crippen molar-refractivity contribution in [2.75, 3.05) is 42.3 Å². The molecule has 0 unspecified atom stereocenters. The standard InChI is InChI=1S/C12H18N8O/c1-19-8-9(7-15-19)6-14-11-16-10(13)17-12(18-11)20-2-4-21-5-3-20/h7-8H,2-6H2,1H3,(H3,13,14,16,17,18). The summed E-state index contributed by atoms with van der Waals surface area (Å²) in [4.78, 5) is 14.7. The third kappa shape index (κ3) is 3.37. The topological polar surface area (TPSA) is 107 Å². The van der Waals surface area contributed by atoms with Gasteiger partial charge in [0.15, 0.2) is 0 Å². The molecule has 3 rings (SSSR count). The van der Waals surface area contributed by atoms with Crippen molar-refractivity contribution < 1.29 is 4.74 Å². The molecule has 0 saturated carbocycles. The van der Waals surface area contributed by atoms with Crippen LogP contribution in [0.2, 0.25) is 0 Å². The van der Waals surface area contributed by atoms with E-state index in [1.165, 1.54) is 0 Å². The summed E-state index contributed by atoms with van der Waals surface area (Å²) < 4.78 is 7.07. The summed E-state index contributed by atoms with van der Waals surface area (Å²) in [6, 6.07) is 0. The van der Waals surface area contributed by atoms with Crippen molar-refractivity contribution in [3.05, 3.63) is 18.0 Å². The lowest BCUT2D eigenvalue weighted by Gasteiger charge is -2.26. The molecule has 2 aromatic heterocycles. The second-order valence-electron chi connectivity index (χ2n) is 4.79. The van der Waals surface area contributed by atoms with E-state index < -0.39 is 0 Å². The third-order valence-corrected chi connectivity index (χ3v) is 3.14. The summed E-state index contributed by atoms with van der Waals surface area (Å²) >= 11 is 0. The molecule has 1 saturated heterocycles. The highest BCUT2D eigenvalue weighted by Gasteiger charge is 2.15. The van der Waals surface area contributed by atoms with Gasteiger partial charge >= 0.3 is 0 Å². The highest BCUT2D eigenvalue weighted by molar-refractivity contribution is 5.42. The van der Waals surface area contributed by atoms with Gasteiger partial charge in [0.2, 0.25) is 17.8 Å². The zero-order chi connectivity index (χ0) is 14.7. The van der Waals surface area contributed by atoms with E-state index in [0.717, 1.165) is 18.7 Å². The Balaban J connectivity index is 1.71. The fourth-order valence-corrected chi connectivity index (χ4v) is 2.11. The number of morpholine rings is 1. The first-order valence-corrected chi connectivity index (χ1v) is 6.76. The van der Waals surface area contributed by atoms with E-state index in [1.54, 1.807) is 10.9 Å². The fraction of sp³-hybridized carbons (Fsp3) is 0.500. The van der Waals surface area contributed by atoms with Gasteiger partial charge in [-0.2, -0.15) is 20.1 Å². The predicted molar refractivity (Wildman–Crippen MR) is 77.8 cm³/mol. The van der Waals surface area contributed by atoms with Crippen LogP contribution in [0.5, 0.6) is 0 Å². The Kier molecular flexibility index (Phi) is 3.82. The second-order valence-corrected chi connectivity index (χ2v) is 4.79. The molecule has 21 heavy (non-hydrogen) atoms. The molecule has 1 aliphatic heterocycles. The maximum absolute atomic E-state index is 5.76. The van der Waals surface area contributed by atoms with E-state index in [9.17, 15) is 0 Å². The van der Waals surface area contributed by atoms with Crippen LogP contribution in [0.4, 0.5) is 17.8 Å². The van der Waals surface area contributed by atoms with Gasteiger partial charge in [-0.15, -0.1) is 0 Å². The van der Waals surface area contributed by atoms with Crippen LogP contribution in [0.3, 0.4) is 0 Å². The van der Waals surface area contributed by atoms with Gasteiger partial charge in [-0.05, 0) is 0 Å². The van der Waals surface area contributed by atoms with Crippen LogP contribution in [-0.4, -0.2) is 51.0 Å². The summed E-state index contributed by atoms with van der Waals surface area (Å²) in [6.07, 6.45) is 3.72. The molecule has 1 fully saturated rings. The number of nitrogens with one attached hydrogen (secondary N) is 1. The summed E-state index contributed by atoms with van der Waals surface area (Å²) in [5.74, 6) is 1.26. The molecule has 9 nitrogen and oxygen atoms in total. The lowest BCUT2D eigenvalue weighted by Crippen LogP contribution is -2.37. The van der Waals surface area contributed by atoms with E-state index in [4.69, 9.17) is 10.5 Å². The molecule has 0 atom stereocenters. The van der Waals surface area contributed by atoms with Gasteiger partial charge in [-0.25, -0.2) is 0 Å². The molecule has 0 spiro atoms. The molecule has 112 valence electrons.